The Bertz CT molecular complexity index is 1150. The zero-order valence-electron chi connectivity index (χ0n) is 15.6. The van der Waals surface area contributed by atoms with Gasteiger partial charge in [-0.3, -0.25) is 4.79 Å². The van der Waals surface area contributed by atoms with Crippen molar-refractivity contribution >= 4 is 21.8 Å². The lowest BCUT2D eigenvalue weighted by Crippen LogP contribution is -2.24. The first kappa shape index (κ1) is 19.1. The lowest BCUT2D eigenvalue weighted by atomic mass is 10.2. The van der Waals surface area contributed by atoms with E-state index in [4.69, 9.17) is 0 Å². The number of nitrogens with zero attached hydrogens (tertiary/aromatic N) is 3. The van der Waals surface area contributed by atoms with Crippen molar-refractivity contribution in [3.05, 3.63) is 100 Å². The SMILES string of the molecule is Cc1nn(-c2ccc(F)cc2)c(-n2cccc2)c1C(=O)NCc1cccc(Br)c1. The van der Waals surface area contributed by atoms with Crippen LogP contribution in [-0.2, 0) is 6.54 Å². The minimum absolute atomic E-state index is 0.223. The Morgan fingerprint density at radius 3 is 2.52 bits per heavy atom. The molecule has 0 aliphatic carbocycles. The smallest absolute Gasteiger partial charge is 0.257 e. The summed E-state index contributed by atoms with van der Waals surface area (Å²) in [7, 11) is 0. The van der Waals surface area contributed by atoms with Gasteiger partial charge < -0.3 is 9.88 Å². The summed E-state index contributed by atoms with van der Waals surface area (Å²) in [6.45, 7) is 2.19. The van der Waals surface area contributed by atoms with E-state index in [1.54, 1.807) is 23.7 Å². The predicted octanol–water partition coefficient (Wildman–Crippen LogP) is 4.80. The van der Waals surface area contributed by atoms with Crippen molar-refractivity contribution in [1.82, 2.24) is 19.7 Å². The van der Waals surface area contributed by atoms with Crippen LogP contribution < -0.4 is 5.32 Å². The first-order valence-corrected chi connectivity index (χ1v) is 9.84. The first-order chi connectivity index (χ1) is 14.0. The Kier molecular flexibility index (Phi) is 5.31. The Morgan fingerprint density at radius 2 is 1.83 bits per heavy atom. The molecule has 7 heteroatoms. The molecular formula is C22H18BrFN4O. The summed E-state index contributed by atoms with van der Waals surface area (Å²) in [6, 6.07) is 17.5. The van der Waals surface area contributed by atoms with E-state index >= 15 is 0 Å². The van der Waals surface area contributed by atoms with E-state index in [0.717, 1.165) is 10.0 Å². The second-order valence-corrected chi connectivity index (χ2v) is 7.49. The largest absolute Gasteiger partial charge is 0.348 e. The summed E-state index contributed by atoms with van der Waals surface area (Å²) in [6.07, 6.45) is 3.70. The zero-order chi connectivity index (χ0) is 20.4. The van der Waals surface area contributed by atoms with Crippen LogP contribution in [0.2, 0.25) is 0 Å². The quantitative estimate of drug-likeness (QED) is 0.472. The van der Waals surface area contributed by atoms with Crippen molar-refractivity contribution in [3.63, 3.8) is 0 Å². The van der Waals surface area contributed by atoms with Gasteiger partial charge in [0.1, 0.15) is 11.4 Å². The Morgan fingerprint density at radius 1 is 1.10 bits per heavy atom. The van der Waals surface area contributed by atoms with Crippen molar-refractivity contribution in [1.29, 1.82) is 0 Å². The van der Waals surface area contributed by atoms with Crippen LogP contribution >= 0.6 is 15.9 Å². The Balaban J connectivity index is 1.72. The fourth-order valence-electron chi connectivity index (χ4n) is 3.18. The summed E-state index contributed by atoms with van der Waals surface area (Å²) in [4.78, 5) is 13.1. The van der Waals surface area contributed by atoms with Gasteiger partial charge in [0.05, 0.1) is 11.4 Å². The highest BCUT2D eigenvalue weighted by Crippen LogP contribution is 2.23. The highest BCUT2D eigenvalue weighted by atomic mass is 79.9. The molecule has 1 N–H and O–H groups in total. The molecule has 2 heterocycles. The number of nitrogens with one attached hydrogen (secondary N) is 1. The maximum absolute atomic E-state index is 13.4. The van der Waals surface area contributed by atoms with Crippen molar-refractivity contribution in [2.24, 2.45) is 0 Å². The summed E-state index contributed by atoms with van der Waals surface area (Å²) in [5.41, 5.74) is 2.72. The number of benzene rings is 2. The third-order valence-corrected chi connectivity index (χ3v) is 5.02. The number of carbonyl (C=O) groups excluding carboxylic acids is 1. The number of aryl methyl sites for hydroxylation is 1. The van der Waals surface area contributed by atoms with E-state index in [1.165, 1.54) is 12.1 Å². The molecule has 0 atom stereocenters. The maximum atomic E-state index is 13.4. The molecule has 0 aliphatic heterocycles. The van der Waals surface area contributed by atoms with Gasteiger partial charge >= 0.3 is 0 Å². The third kappa shape index (κ3) is 4.00. The molecule has 1 amide bonds. The number of halogens is 2. The van der Waals surface area contributed by atoms with Crippen molar-refractivity contribution in [2.45, 2.75) is 13.5 Å². The molecule has 29 heavy (non-hydrogen) atoms. The summed E-state index contributed by atoms with van der Waals surface area (Å²) >= 11 is 3.44. The zero-order valence-corrected chi connectivity index (χ0v) is 17.2. The van der Waals surface area contributed by atoms with Crippen molar-refractivity contribution in [2.75, 3.05) is 0 Å². The van der Waals surface area contributed by atoms with Gasteiger partial charge in [0.25, 0.3) is 5.91 Å². The number of hydrogen-bond acceptors (Lipinski definition) is 2. The highest BCUT2D eigenvalue weighted by Gasteiger charge is 2.23. The molecule has 5 nitrogen and oxygen atoms in total. The molecular weight excluding hydrogens is 435 g/mol. The minimum Gasteiger partial charge on any atom is -0.348 e. The van der Waals surface area contributed by atoms with E-state index < -0.39 is 0 Å². The molecule has 0 unspecified atom stereocenters. The topological polar surface area (TPSA) is 51.9 Å². The summed E-state index contributed by atoms with van der Waals surface area (Å²) < 4.78 is 17.8. The number of carbonyl (C=O) groups is 1. The fourth-order valence-corrected chi connectivity index (χ4v) is 3.62. The fraction of sp³-hybridized carbons (Fsp3) is 0.0909. The molecule has 0 radical (unpaired) electrons. The van der Waals surface area contributed by atoms with Crippen LogP contribution in [0.4, 0.5) is 4.39 Å². The molecule has 0 saturated heterocycles. The molecule has 0 aliphatic rings. The van der Waals surface area contributed by atoms with Crippen LogP contribution in [0.3, 0.4) is 0 Å². The van der Waals surface area contributed by atoms with Gasteiger partial charge in [0, 0.05) is 23.4 Å². The van der Waals surface area contributed by atoms with Crippen LogP contribution in [0.5, 0.6) is 0 Å². The number of aromatic nitrogens is 3. The summed E-state index contributed by atoms with van der Waals surface area (Å²) in [5.74, 6) is 0.0533. The molecule has 0 fully saturated rings. The lowest BCUT2D eigenvalue weighted by Gasteiger charge is -2.11. The molecule has 0 bridgehead atoms. The normalized spacial score (nSPS) is 10.9. The Labute approximate surface area is 175 Å². The molecule has 146 valence electrons. The highest BCUT2D eigenvalue weighted by molar-refractivity contribution is 9.10. The molecule has 0 spiro atoms. The van der Waals surface area contributed by atoms with Crippen LogP contribution in [0.1, 0.15) is 21.6 Å². The van der Waals surface area contributed by atoms with E-state index in [1.807, 2.05) is 53.4 Å². The molecule has 4 rings (SSSR count). The maximum Gasteiger partial charge on any atom is 0.257 e. The van der Waals surface area contributed by atoms with Crippen LogP contribution in [0, 0.1) is 12.7 Å². The average Bonchev–Trinajstić information content (AvgIpc) is 3.34. The number of rotatable bonds is 5. The lowest BCUT2D eigenvalue weighted by molar-refractivity contribution is 0.0950. The second kappa shape index (κ2) is 8.05. The van der Waals surface area contributed by atoms with Gasteiger partial charge in [-0.25, -0.2) is 9.07 Å². The number of hydrogen-bond donors (Lipinski definition) is 1. The van der Waals surface area contributed by atoms with Gasteiger partial charge in [-0.1, -0.05) is 28.1 Å². The monoisotopic (exact) mass is 452 g/mol. The van der Waals surface area contributed by atoms with Gasteiger partial charge in [-0.15, -0.1) is 0 Å². The van der Waals surface area contributed by atoms with Crippen LogP contribution in [0.15, 0.2) is 77.5 Å². The van der Waals surface area contributed by atoms with Crippen LogP contribution in [-0.4, -0.2) is 20.3 Å². The van der Waals surface area contributed by atoms with Gasteiger partial charge in [-0.2, -0.15) is 5.10 Å². The van der Waals surface area contributed by atoms with E-state index in [2.05, 4.69) is 26.3 Å². The van der Waals surface area contributed by atoms with E-state index in [0.29, 0.717) is 29.3 Å². The average molecular weight is 453 g/mol. The molecule has 4 aromatic rings. The van der Waals surface area contributed by atoms with E-state index in [-0.39, 0.29) is 11.7 Å². The standard InChI is InChI=1S/C22H18BrFN4O/c1-15-20(21(29)25-14-16-5-4-6-17(23)13-16)22(27-11-2-3-12-27)28(26-15)19-9-7-18(24)8-10-19/h2-13H,14H2,1H3,(H,25,29). The molecule has 2 aromatic heterocycles. The van der Waals surface area contributed by atoms with Crippen molar-refractivity contribution in [3.8, 4) is 11.5 Å². The van der Waals surface area contributed by atoms with Crippen LogP contribution in [0.25, 0.3) is 11.5 Å². The Hall–Kier alpha value is -3.19. The predicted molar refractivity (Wildman–Crippen MR) is 113 cm³/mol. The second-order valence-electron chi connectivity index (χ2n) is 6.58. The van der Waals surface area contributed by atoms with Gasteiger partial charge in [0.2, 0.25) is 0 Å². The van der Waals surface area contributed by atoms with E-state index in [9.17, 15) is 9.18 Å². The third-order valence-electron chi connectivity index (χ3n) is 4.53. The van der Waals surface area contributed by atoms with Gasteiger partial charge in [-0.05, 0) is 61.0 Å². The molecule has 2 aromatic carbocycles. The summed E-state index contributed by atoms with van der Waals surface area (Å²) in [5, 5.41) is 7.53. The first-order valence-electron chi connectivity index (χ1n) is 9.04. The van der Waals surface area contributed by atoms with Crippen molar-refractivity contribution < 1.29 is 9.18 Å². The minimum atomic E-state index is -0.327. The van der Waals surface area contributed by atoms with Gasteiger partial charge in [0.15, 0.2) is 5.82 Å². The molecule has 0 saturated carbocycles. The number of amides is 1.